The molecule has 0 amide bonds. The Hall–Kier alpha value is -3.86. The Morgan fingerprint density at radius 3 is 2.37 bits per heavy atom. The molecule has 0 aliphatic carbocycles. The van der Waals surface area contributed by atoms with Crippen molar-refractivity contribution in [3.05, 3.63) is 96.1 Å². The maximum absolute atomic E-state index is 13.4. The van der Waals surface area contributed by atoms with Gasteiger partial charge in [0, 0.05) is 45.2 Å². The zero-order chi connectivity index (χ0) is 26.1. The number of sulfonamides is 1. The molecular formula is C28H28N6O3S. The molecule has 1 saturated heterocycles. The van der Waals surface area contributed by atoms with Gasteiger partial charge < -0.3 is 9.09 Å². The molecular weight excluding hydrogens is 500 g/mol. The van der Waals surface area contributed by atoms with Crippen molar-refractivity contribution in [2.45, 2.75) is 24.9 Å². The predicted octanol–water partition coefficient (Wildman–Crippen LogP) is 3.95. The average molecular weight is 529 g/mol. The van der Waals surface area contributed by atoms with Gasteiger partial charge in [-0.15, -0.1) is 0 Å². The van der Waals surface area contributed by atoms with Gasteiger partial charge in [-0.3, -0.25) is 4.90 Å². The quantitative estimate of drug-likeness (QED) is 0.316. The monoisotopic (exact) mass is 528 g/mol. The van der Waals surface area contributed by atoms with E-state index in [9.17, 15) is 8.42 Å². The van der Waals surface area contributed by atoms with Crippen molar-refractivity contribution >= 4 is 21.1 Å². The van der Waals surface area contributed by atoms with Crippen molar-refractivity contribution in [2.75, 3.05) is 26.2 Å². The summed E-state index contributed by atoms with van der Waals surface area (Å²) in [6.07, 6.45) is 0. The van der Waals surface area contributed by atoms with Gasteiger partial charge in [-0.05, 0) is 29.8 Å². The van der Waals surface area contributed by atoms with E-state index in [-0.39, 0.29) is 4.90 Å². The Balaban J connectivity index is 1.17. The van der Waals surface area contributed by atoms with Crippen molar-refractivity contribution in [3.63, 3.8) is 0 Å². The number of hydrogen-bond acceptors (Lipinski definition) is 7. The Bertz CT molecular complexity index is 1670. The Kier molecular flexibility index (Phi) is 6.52. The highest BCUT2D eigenvalue weighted by Gasteiger charge is 2.29. The van der Waals surface area contributed by atoms with E-state index in [1.54, 1.807) is 35.5 Å². The highest BCUT2D eigenvalue weighted by molar-refractivity contribution is 7.89. The lowest BCUT2D eigenvalue weighted by molar-refractivity contribution is 0.176. The summed E-state index contributed by atoms with van der Waals surface area (Å²) in [6.45, 7) is 5.16. The molecule has 3 aromatic carbocycles. The Labute approximate surface area is 221 Å². The topological polar surface area (TPSA) is 97.4 Å². The number of fused-ring (bicyclic) bond motifs is 1. The van der Waals surface area contributed by atoms with Gasteiger partial charge in [0.15, 0.2) is 0 Å². The standard InChI is InChI=1S/C28H28N6O3S/c1-21-29-28(31-37-21)23-10-7-11-24(18-23)38(35,36)33-16-14-32(15-17-33)20-27-30-25-12-5-6-13-26(25)34(27)19-22-8-3-2-4-9-22/h2-13,18H,14-17,19-20H2,1H3. The summed E-state index contributed by atoms with van der Waals surface area (Å²) in [7, 11) is -3.65. The van der Waals surface area contributed by atoms with Crippen LogP contribution < -0.4 is 0 Å². The van der Waals surface area contributed by atoms with Gasteiger partial charge in [-0.25, -0.2) is 13.4 Å². The molecule has 38 heavy (non-hydrogen) atoms. The number of benzene rings is 3. The fraction of sp³-hybridized carbons (Fsp3) is 0.250. The lowest BCUT2D eigenvalue weighted by Crippen LogP contribution is -2.48. The first-order valence-electron chi connectivity index (χ1n) is 12.6. The fourth-order valence-electron chi connectivity index (χ4n) is 4.88. The van der Waals surface area contributed by atoms with E-state index in [1.807, 2.05) is 36.4 Å². The maximum Gasteiger partial charge on any atom is 0.243 e. The number of rotatable bonds is 7. The van der Waals surface area contributed by atoms with Crippen LogP contribution in [0.2, 0.25) is 0 Å². The van der Waals surface area contributed by atoms with Crippen LogP contribution in [0.25, 0.3) is 22.4 Å². The number of piperazine rings is 1. The largest absolute Gasteiger partial charge is 0.339 e. The van der Waals surface area contributed by atoms with Gasteiger partial charge in [-0.1, -0.05) is 59.8 Å². The van der Waals surface area contributed by atoms with Gasteiger partial charge in [0.2, 0.25) is 21.7 Å². The Morgan fingerprint density at radius 2 is 1.61 bits per heavy atom. The number of aryl methyl sites for hydroxylation is 1. The van der Waals surface area contributed by atoms with Gasteiger partial charge in [0.25, 0.3) is 0 Å². The fourth-order valence-corrected chi connectivity index (χ4v) is 6.35. The molecule has 6 rings (SSSR count). The number of hydrogen-bond donors (Lipinski definition) is 0. The second-order valence-corrected chi connectivity index (χ2v) is 11.4. The van der Waals surface area contributed by atoms with Crippen LogP contribution >= 0.6 is 0 Å². The van der Waals surface area contributed by atoms with Crippen LogP contribution in [-0.4, -0.2) is 63.5 Å². The van der Waals surface area contributed by atoms with E-state index in [2.05, 4.69) is 37.8 Å². The smallest absolute Gasteiger partial charge is 0.243 e. The van der Waals surface area contributed by atoms with Crippen molar-refractivity contribution in [1.29, 1.82) is 0 Å². The molecule has 9 nitrogen and oxygen atoms in total. The number of imidazole rings is 1. The first-order valence-corrected chi connectivity index (χ1v) is 14.0. The minimum Gasteiger partial charge on any atom is -0.339 e. The maximum atomic E-state index is 13.4. The zero-order valence-electron chi connectivity index (χ0n) is 21.1. The van der Waals surface area contributed by atoms with E-state index in [0.717, 1.165) is 23.4 Å². The third-order valence-corrected chi connectivity index (χ3v) is 8.77. The molecule has 0 bridgehead atoms. The molecule has 2 aromatic heterocycles. The van der Waals surface area contributed by atoms with Crippen LogP contribution in [0, 0.1) is 6.92 Å². The molecule has 0 saturated carbocycles. The first kappa shape index (κ1) is 24.5. The van der Waals surface area contributed by atoms with Crippen LogP contribution in [0.15, 0.2) is 88.3 Å². The third-order valence-electron chi connectivity index (χ3n) is 6.87. The van der Waals surface area contributed by atoms with Gasteiger partial charge >= 0.3 is 0 Å². The summed E-state index contributed by atoms with van der Waals surface area (Å²) < 4.78 is 35.7. The molecule has 1 fully saturated rings. The molecule has 0 atom stereocenters. The van der Waals surface area contributed by atoms with E-state index in [1.165, 1.54) is 5.56 Å². The molecule has 1 aliphatic heterocycles. The molecule has 5 aromatic rings. The minimum atomic E-state index is -3.65. The molecule has 0 radical (unpaired) electrons. The van der Waals surface area contributed by atoms with E-state index in [0.29, 0.717) is 50.0 Å². The van der Waals surface area contributed by atoms with Crippen molar-refractivity contribution in [1.82, 2.24) is 28.9 Å². The van der Waals surface area contributed by atoms with Gasteiger partial charge in [0.1, 0.15) is 5.82 Å². The molecule has 0 unspecified atom stereocenters. The minimum absolute atomic E-state index is 0.232. The summed E-state index contributed by atoms with van der Waals surface area (Å²) in [6, 6.07) is 25.3. The lowest BCUT2D eigenvalue weighted by atomic mass is 10.2. The van der Waals surface area contributed by atoms with Crippen LogP contribution in [0.1, 0.15) is 17.3 Å². The summed E-state index contributed by atoms with van der Waals surface area (Å²) in [5, 5.41) is 3.91. The third kappa shape index (κ3) is 4.85. The molecule has 194 valence electrons. The van der Waals surface area contributed by atoms with Crippen molar-refractivity contribution < 1.29 is 12.9 Å². The van der Waals surface area contributed by atoms with E-state index in [4.69, 9.17) is 9.51 Å². The van der Waals surface area contributed by atoms with Crippen LogP contribution in [-0.2, 0) is 23.1 Å². The van der Waals surface area contributed by atoms with Crippen molar-refractivity contribution in [3.8, 4) is 11.4 Å². The summed E-state index contributed by atoms with van der Waals surface area (Å²) in [5.41, 5.74) is 3.89. The van der Waals surface area contributed by atoms with Crippen molar-refractivity contribution in [2.24, 2.45) is 0 Å². The Morgan fingerprint density at radius 1 is 0.842 bits per heavy atom. The molecule has 10 heteroatoms. The molecule has 3 heterocycles. The summed E-state index contributed by atoms with van der Waals surface area (Å²) >= 11 is 0. The lowest BCUT2D eigenvalue weighted by Gasteiger charge is -2.33. The molecule has 0 spiro atoms. The average Bonchev–Trinajstić information content (AvgIpc) is 3.53. The first-order chi connectivity index (χ1) is 18.5. The highest BCUT2D eigenvalue weighted by Crippen LogP contribution is 2.24. The second kappa shape index (κ2) is 10.1. The number of aromatic nitrogens is 4. The zero-order valence-corrected chi connectivity index (χ0v) is 21.9. The summed E-state index contributed by atoms with van der Waals surface area (Å²) in [5.74, 6) is 1.79. The summed E-state index contributed by atoms with van der Waals surface area (Å²) in [4.78, 5) is 11.6. The van der Waals surface area contributed by atoms with Gasteiger partial charge in [-0.2, -0.15) is 9.29 Å². The van der Waals surface area contributed by atoms with Gasteiger partial charge in [0.05, 0.1) is 22.5 Å². The SMILES string of the molecule is Cc1nc(-c2cccc(S(=O)(=O)N3CCN(Cc4nc5ccccc5n4Cc4ccccc4)CC3)c2)no1. The number of para-hydroxylation sites is 2. The molecule has 1 aliphatic rings. The van der Waals surface area contributed by atoms with E-state index < -0.39 is 10.0 Å². The van der Waals surface area contributed by atoms with Crippen LogP contribution in [0.4, 0.5) is 0 Å². The van der Waals surface area contributed by atoms with E-state index >= 15 is 0 Å². The normalized spacial score (nSPS) is 15.3. The highest BCUT2D eigenvalue weighted by atomic mass is 32.2. The van der Waals surface area contributed by atoms with Crippen LogP contribution in [0.3, 0.4) is 0 Å². The van der Waals surface area contributed by atoms with Crippen LogP contribution in [0.5, 0.6) is 0 Å². The number of nitrogens with zero attached hydrogens (tertiary/aromatic N) is 6. The second-order valence-electron chi connectivity index (χ2n) is 9.43. The molecule has 0 N–H and O–H groups in total. The predicted molar refractivity (Wildman–Crippen MR) is 144 cm³/mol.